The molecule has 0 unspecified atom stereocenters. The zero-order valence-electron chi connectivity index (χ0n) is 13.2. The molecular weight excluding hydrogens is 352 g/mol. The van der Waals surface area contributed by atoms with E-state index in [0.29, 0.717) is 18.8 Å². The highest BCUT2D eigenvalue weighted by atomic mass is 32.2. The smallest absolute Gasteiger partial charge is 0.293 e. The molecule has 2 aliphatic rings. The number of nitro benzene ring substituents is 1. The summed E-state index contributed by atoms with van der Waals surface area (Å²) in [7, 11) is 1.53. The van der Waals surface area contributed by atoms with E-state index in [1.54, 1.807) is 0 Å². The molecule has 10 heteroatoms. The first-order valence-corrected chi connectivity index (χ1v) is 8.15. The van der Waals surface area contributed by atoms with Crippen LogP contribution in [0.15, 0.2) is 17.0 Å². The summed E-state index contributed by atoms with van der Waals surface area (Å²) in [4.78, 5) is 36.3. The number of thioether (sulfide) groups is 1. The van der Waals surface area contributed by atoms with Gasteiger partial charge in [-0.05, 0) is 30.3 Å². The van der Waals surface area contributed by atoms with Crippen LogP contribution in [0.3, 0.4) is 0 Å². The second-order valence-electron chi connectivity index (χ2n) is 5.20. The minimum Gasteiger partial charge on any atom is -0.454 e. The summed E-state index contributed by atoms with van der Waals surface area (Å²) in [5.74, 6) is 0.158. The highest BCUT2D eigenvalue weighted by Crippen LogP contribution is 2.40. The zero-order valence-corrected chi connectivity index (χ0v) is 14.0. The first-order valence-electron chi connectivity index (χ1n) is 7.33. The van der Waals surface area contributed by atoms with Crippen molar-refractivity contribution in [2.75, 3.05) is 27.1 Å². The fourth-order valence-corrected chi connectivity index (χ4v) is 3.28. The molecule has 0 aromatic heterocycles. The number of carbonyl (C=O) groups excluding carboxylic acids is 2. The van der Waals surface area contributed by atoms with Gasteiger partial charge in [-0.3, -0.25) is 24.6 Å². The largest absolute Gasteiger partial charge is 0.454 e. The Morgan fingerprint density at radius 3 is 2.76 bits per heavy atom. The molecule has 1 fully saturated rings. The number of ether oxygens (including phenoxy) is 3. The van der Waals surface area contributed by atoms with Crippen molar-refractivity contribution >= 4 is 34.7 Å². The molecule has 2 heterocycles. The second kappa shape index (κ2) is 7.11. The lowest BCUT2D eigenvalue weighted by Gasteiger charge is -2.11. The maximum atomic E-state index is 12.4. The van der Waals surface area contributed by atoms with Gasteiger partial charge in [-0.25, -0.2) is 0 Å². The Morgan fingerprint density at radius 2 is 2.08 bits per heavy atom. The van der Waals surface area contributed by atoms with Gasteiger partial charge >= 0.3 is 0 Å². The van der Waals surface area contributed by atoms with Crippen molar-refractivity contribution < 1.29 is 28.7 Å². The van der Waals surface area contributed by atoms with E-state index < -0.39 is 16.1 Å². The third-order valence-electron chi connectivity index (χ3n) is 3.61. The van der Waals surface area contributed by atoms with E-state index in [1.165, 1.54) is 25.3 Å². The quantitative estimate of drug-likeness (QED) is 0.327. The molecule has 3 rings (SSSR count). The van der Waals surface area contributed by atoms with Crippen molar-refractivity contribution in [2.45, 2.75) is 6.42 Å². The molecule has 9 nitrogen and oxygen atoms in total. The number of methoxy groups -OCH3 is 1. The number of imide groups is 1. The average molecular weight is 366 g/mol. The molecule has 1 aromatic rings. The van der Waals surface area contributed by atoms with Crippen molar-refractivity contribution in [3.8, 4) is 11.5 Å². The molecular formula is C15H14N2O7S. The van der Waals surface area contributed by atoms with E-state index in [-0.39, 0.29) is 35.2 Å². The number of carbonyl (C=O) groups is 2. The third-order valence-corrected chi connectivity index (χ3v) is 4.52. The van der Waals surface area contributed by atoms with Crippen molar-refractivity contribution in [3.05, 3.63) is 32.7 Å². The zero-order chi connectivity index (χ0) is 18.0. The summed E-state index contributed by atoms with van der Waals surface area (Å²) in [6.07, 6.45) is 1.85. The summed E-state index contributed by atoms with van der Waals surface area (Å²) >= 11 is 0.751. The SMILES string of the molecule is COCCCN1C(=O)S/C(=C\c2cc3c(cc2[N+](=O)[O-])OCO3)C1=O. The number of nitro groups is 1. The lowest BCUT2D eigenvalue weighted by atomic mass is 10.1. The summed E-state index contributed by atoms with van der Waals surface area (Å²) in [6, 6.07) is 2.68. The number of benzene rings is 1. The van der Waals surface area contributed by atoms with Crippen molar-refractivity contribution in [1.82, 2.24) is 4.90 Å². The molecule has 25 heavy (non-hydrogen) atoms. The van der Waals surface area contributed by atoms with Crippen LogP contribution in [-0.4, -0.2) is 48.0 Å². The fraction of sp³-hybridized carbons (Fsp3) is 0.333. The van der Waals surface area contributed by atoms with Crippen LogP contribution in [0, 0.1) is 10.1 Å². The van der Waals surface area contributed by atoms with Gasteiger partial charge in [-0.1, -0.05) is 0 Å². The van der Waals surface area contributed by atoms with Gasteiger partial charge in [-0.2, -0.15) is 0 Å². The van der Waals surface area contributed by atoms with Crippen molar-refractivity contribution in [2.24, 2.45) is 0 Å². The third kappa shape index (κ3) is 3.44. The molecule has 1 aromatic carbocycles. The van der Waals surface area contributed by atoms with E-state index in [2.05, 4.69) is 0 Å². The molecule has 0 atom stereocenters. The number of amides is 2. The maximum absolute atomic E-state index is 12.4. The molecule has 2 aliphatic heterocycles. The van der Waals surface area contributed by atoms with Gasteiger partial charge in [0, 0.05) is 20.3 Å². The fourth-order valence-electron chi connectivity index (χ4n) is 2.42. The predicted molar refractivity (Wildman–Crippen MR) is 88.4 cm³/mol. The van der Waals surface area contributed by atoms with Crippen LogP contribution in [0.5, 0.6) is 11.5 Å². The monoisotopic (exact) mass is 366 g/mol. The van der Waals surface area contributed by atoms with Crippen LogP contribution in [0.2, 0.25) is 0 Å². The molecule has 0 bridgehead atoms. The van der Waals surface area contributed by atoms with Gasteiger partial charge in [0.05, 0.1) is 21.5 Å². The van der Waals surface area contributed by atoms with E-state index in [1.807, 2.05) is 0 Å². The molecule has 0 N–H and O–H groups in total. The predicted octanol–water partition coefficient (Wildman–Crippen LogP) is 2.40. The molecule has 1 saturated heterocycles. The summed E-state index contributed by atoms with van der Waals surface area (Å²) in [5.41, 5.74) is -0.0490. The minimum absolute atomic E-state index is 0.0219. The number of fused-ring (bicyclic) bond motifs is 1. The summed E-state index contributed by atoms with van der Waals surface area (Å²) in [5, 5.41) is 10.9. The maximum Gasteiger partial charge on any atom is 0.293 e. The van der Waals surface area contributed by atoms with Crippen LogP contribution in [-0.2, 0) is 9.53 Å². The molecule has 0 saturated carbocycles. The van der Waals surface area contributed by atoms with Crippen molar-refractivity contribution in [3.63, 3.8) is 0 Å². The Hall–Kier alpha value is -2.59. The van der Waals surface area contributed by atoms with E-state index >= 15 is 0 Å². The number of nitrogens with zero attached hydrogens (tertiary/aromatic N) is 2. The number of hydrogen-bond donors (Lipinski definition) is 0. The lowest BCUT2D eigenvalue weighted by molar-refractivity contribution is -0.385. The van der Waals surface area contributed by atoms with E-state index in [4.69, 9.17) is 14.2 Å². The average Bonchev–Trinajstić information content (AvgIpc) is 3.13. The summed E-state index contributed by atoms with van der Waals surface area (Å²) < 4.78 is 15.3. The van der Waals surface area contributed by atoms with Crippen LogP contribution < -0.4 is 9.47 Å². The molecule has 0 aliphatic carbocycles. The Kier molecular flexibility index (Phi) is 4.91. The highest BCUT2D eigenvalue weighted by molar-refractivity contribution is 8.18. The van der Waals surface area contributed by atoms with Crippen LogP contribution in [0.4, 0.5) is 10.5 Å². The Labute approximate surface area is 146 Å². The summed E-state index contributed by atoms with van der Waals surface area (Å²) in [6.45, 7) is 0.638. The normalized spacial score (nSPS) is 17.6. The van der Waals surface area contributed by atoms with Gasteiger partial charge in [0.15, 0.2) is 11.5 Å². The van der Waals surface area contributed by atoms with Gasteiger partial charge in [0.25, 0.3) is 16.8 Å². The topological polar surface area (TPSA) is 108 Å². The van der Waals surface area contributed by atoms with Gasteiger partial charge < -0.3 is 14.2 Å². The molecule has 0 radical (unpaired) electrons. The Balaban J connectivity index is 1.89. The van der Waals surface area contributed by atoms with Crippen LogP contribution in [0.25, 0.3) is 6.08 Å². The first-order chi connectivity index (χ1) is 12.0. The van der Waals surface area contributed by atoms with E-state index in [9.17, 15) is 19.7 Å². The minimum atomic E-state index is -0.573. The van der Waals surface area contributed by atoms with Crippen LogP contribution in [0.1, 0.15) is 12.0 Å². The second-order valence-corrected chi connectivity index (χ2v) is 6.19. The highest BCUT2D eigenvalue weighted by Gasteiger charge is 2.35. The molecule has 2 amide bonds. The van der Waals surface area contributed by atoms with Crippen LogP contribution >= 0.6 is 11.8 Å². The Bertz CT molecular complexity index is 777. The van der Waals surface area contributed by atoms with Gasteiger partial charge in [0.2, 0.25) is 6.79 Å². The number of rotatable bonds is 6. The number of hydrogen-bond acceptors (Lipinski definition) is 8. The molecule has 0 spiro atoms. The van der Waals surface area contributed by atoms with Crippen molar-refractivity contribution in [1.29, 1.82) is 0 Å². The van der Waals surface area contributed by atoms with Gasteiger partial charge in [0.1, 0.15) is 0 Å². The lowest BCUT2D eigenvalue weighted by Crippen LogP contribution is -2.29. The standard InChI is InChI=1S/C15H14N2O7S/c1-22-4-2-3-16-14(18)13(25-15(16)19)6-9-5-11-12(24-8-23-11)7-10(9)17(20)21/h5-7H,2-4,8H2,1H3/b13-6-. The van der Waals surface area contributed by atoms with E-state index in [0.717, 1.165) is 16.7 Å². The molecule has 132 valence electrons. The first kappa shape index (κ1) is 17.2. The Morgan fingerprint density at radius 1 is 1.36 bits per heavy atom. The van der Waals surface area contributed by atoms with Gasteiger partial charge in [-0.15, -0.1) is 0 Å².